The zero-order valence-electron chi connectivity index (χ0n) is 8.67. The number of aromatic nitrogens is 1. The molecule has 0 fully saturated rings. The molecule has 0 bridgehead atoms. The zero-order valence-corrected chi connectivity index (χ0v) is 9.42. The second kappa shape index (κ2) is 6.44. The van der Waals surface area contributed by atoms with E-state index < -0.39 is 5.97 Å². The average molecular weight is 256 g/mol. The number of nitrogens with zero attached hydrogens (tertiary/aromatic N) is 3. The molecule has 0 radical (unpaired) electrons. The van der Waals surface area contributed by atoms with Crippen LogP contribution in [0.5, 0.6) is 0 Å². The molecule has 1 aromatic heterocycles. The van der Waals surface area contributed by atoms with E-state index in [1.165, 1.54) is 12.4 Å². The van der Waals surface area contributed by atoms with Crippen molar-refractivity contribution in [3.8, 4) is 0 Å². The van der Waals surface area contributed by atoms with Crippen LogP contribution in [0.4, 0.5) is 0 Å². The van der Waals surface area contributed by atoms with Crippen molar-refractivity contribution < 1.29 is 9.90 Å². The number of nitrogens with two attached hydrogens (primary N) is 1. The molecule has 8 heteroatoms. The molecule has 4 N–H and O–H groups in total. The standard InChI is InChI=1S/C9H10ClN5O2/c10-7-4-12-2-1-6(7)3-14-15-9(11)13-5-8(16)17/h1-4H,5H2,(H,16,17)(H3,11,13,15). The van der Waals surface area contributed by atoms with Gasteiger partial charge in [-0.25, -0.2) is 0 Å². The molecular weight excluding hydrogens is 246 g/mol. The van der Waals surface area contributed by atoms with E-state index in [1.54, 1.807) is 12.3 Å². The Morgan fingerprint density at radius 3 is 3.12 bits per heavy atom. The van der Waals surface area contributed by atoms with E-state index in [1.807, 2.05) is 0 Å². The van der Waals surface area contributed by atoms with Gasteiger partial charge in [-0.15, -0.1) is 5.10 Å². The van der Waals surface area contributed by atoms with Crippen LogP contribution in [0, 0.1) is 0 Å². The molecule has 0 saturated carbocycles. The number of carbonyl (C=O) groups is 1. The first-order chi connectivity index (χ1) is 8.09. The summed E-state index contributed by atoms with van der Waals surface area (Å²) in [6.45, 7) is -0.319. The fraction of sp³-hybridized carbons (Fsp3) is 0.111. The lowest BCUT2D eigenvalue weighted by Gasteiger charge is -1.98. The summed E-state index contributed by atoms with van der Waals surface area (Å²) < 4.78 is 0. The minimum atomic E-state index is -1.04. The van der Waals surface area contributed by atoms with Crippen LogP contribution in [0.1, 0.15) is 5.56 Å². The number of rotatable bonds is 4. The van der Waals surface area contributed by atoms with Crippen molar-refractivity contribution in [2.75, 3.05) is 6.54 Å². The molecule has 0 atom stereocenters. The van der Waals surface area contributed by atoms with E-state index in [2.05, 4.69) is 20.5 Å². The van der Waals surface area contributed by atoms with Crippen molar-refractivity contribution in [2.45, 2.75) is 0 Å². The van der Waals surface area contributed by atoms with Crippen LogP contribution in [0.3, 0.4) is 0 Å². The molecule has 0 unspecified atom stereocenters. The van der Waals surface area contributed by atoms with Crippen molar-refractivity contribution in [1.82, 2.24) is 10.3 Å². The van der Waals surface area contributed by atoms with Crippen molar-refractivity contribution in [2.24, 2.45) is 15.9 Å². The number of halogens is 1. The maximum Gasteiger partial charge on any atom is 0.322 e. The van der Waals surface area contributed by atoms with E-state index in [9.17, 15) is 4.79 Å². The lowest BCUT2D eigenvalue weighted by atomic mass is 10.3. The largest absolute Gasteiger partial charge is 0.480 e. The summed E-state index contributed by atoms with van der Waals surface area (Å²) in [4.78, 5) is 14.0. The second-order valence-corrected chi connectivity index (χ2v) is 3.28. The monoisotopic (exact) mass is 255 g/mol. The van der Waals surface area contributed by atoms with Gasteiger partial charge < -0.3 is 16.2 Å². The molecule has 0 aliphatic heterocycles. The van der Waals surface area contributed by atoms with Crippen LogP contribution in [0.25, 0.3) is 0 Å². The molecule has 0 aliphatic carbocycles. The lowest BCUT2D eigenvalue weighted by molar-refractivity contribution is -0.135. The molecule has 0 spiro atoms. The number of guanidine groups is 1. The Bertz CT molecular complexity index is 460. The molecule has 1 rings (SSSR count). The quantitative estimate of drug-likeness (QED) is 0.400. The first kappa shape index (κ1) is 12.9. The number of hydrogen-bond acceptors (Lipinski definition) is 4. The fourth-order valence-electron chi connectivity index (χ4n) is 0.845. The third kappa shape index (κ3) is 4.94. The number of pyridine rings is 1. The number of hydrogen-bond donors (Lipinski definition) is 3. The van der Waals surface area contributed by atoms with E-state index in [4.69, 9.17) is 22.4 Å². The third-order valence-electron chi connectivity index (χ3n) is 1.59. The minimum absolute atomic E-state index is 0.0890. The van der Waals surface area contributed by atoms with Crippen LogP contribution in [0.15, 0.2) is 28.7 Å². The Morgan fingerprint density at radius 1 is 1.71 bits per heavy atom. The van der Waals surface area contributed by atoms with Crippen LogP contribution in [0.2, 0.25) is 5.02 Å². The Balaban J connectivity index is 2.57. The summed E-state index contributed by atoms with van der Waals surface area (Å²) in [6, 6.07) is 1.65. The van der Waals surface area contributed by atoms with E-state index in [0.717, 1.165) is 0 Å². The number of carboxylic acid groups (broad SMARTS) is 1. The topological polar surface area (TPSA) is 113 Å². The van der Waals surface area contributed by atoms with Gasteiger partial charge in [0.2, 0.25) is 5.96 Å². The normalized spacial score (nSPS) is 11.7. The molecular formula is C9H10ClN5O2. The highest BCUT2D eigenvalue weighted by Gasteiger charge is 1.97. The Labute approximate surface area is 102 Å². The summed E-state index contributed by atoms with van der Waals surface area (Å²) in [7, 11) is 0. The molecule has 7 nitrogen and oxygen atoms in total. The first-order valence-corrected chi connectivity index (χ1v) is 4.89. The zero-order chi connectivity index (χ0) is 12.7. The van der Waals surface area contributed by atoms with Gasteiger partial charge >= 0.3 is 5.97 Å². The van der Waals surface area contributed by atoms with Gasteiger partial charge in [-0.05, 0) is 6.07 Å². The summed E-state index contributed by atoms with van der Waals surface area (Å²) >= 11 is 5.82. The third-order valence-corrected chi connectivity index (χ3v) is 1.90. The number of carboxylic acids is 1. The SMILES string of the molecule is NC(=NN=Cc1ccncc1Cl)NCC(=O)O. The van der Waals surface area contributed by atoms with E-state index in [-0.39, 0.29) is 12.5 Å². The predicted molar refractivity (Wildman–Crippen MR) is 64.1 cm³/mol. The van der Waals surface area contributed by atoms with Crippen molar-refractivity contribution in [3.63, 3.8) is 0 Å². The number of nitrogens with one attached hydrogen (secondary N) is 1. The smallest absolute Gasteiger partial charge is 0.322 e. The minimum Gasteiger partial charge on any atom is -0.480 e. The first-order valence-electron chi connectivity index (χ1n) is 4.51. The summed E-state index contributed by atoms with van der Waals surface area (Å²) in [5.74, 6) is -1.13. The maximum atomic E-state index is 10.2. The van der Waals surface area contributed by atoms with Crippen molar-refractivity contribution >= 4 is 29.7 Å². The summed E-state index contributed by atoms with van der Waals surface area (Å²) in [5.41, 5.74) is 5.98. The Kier molecular flexibility index (Phi) is 4.89. The summed E-state index contributed by atoms with van der Waals surface area (Å²) in [5, 5.41) is 18.3. The maximum absolute atomic E-state index is 10.2. The van der Waals surface area contributed by atoms with Crippen molar-refractivity contribution in [3.05, 3.63) is 29.0 Å². The van der Waals surface area contributed by atoms with Crippen molar-refractivity contribution in [1.29, 1.82) is 0 Å². The summed E-state index contributed by atoms with van der Waals surface area (Å²) in [6.07, 6.45) is 4.42. The number of aliphatic carboxylic acids is 1. The highest BCUT2D eigenvalue weighted by molar-refractivity contribution is 6.32. The molecule has 0 amide bonds. The molecule has 90 valence electrons. The molecule has 0 aromatic carbocycles. The Morgan fingerprint density at radius 2 is 2.47 bits per heavy atom. The van der Waals surface area contributed by atoms with E-state index >= 15 is 0 Å². The highest BCUT2D eigenvalue weighted by atomic mass is 35.5. The molecule has 1 heterocycles. The van der Waals surface area contributed by atoms with Crippen LogP contribution in [-0.2, 0) is 4.79 Å². The Hall–Kier alpha value is -2.15. The predicted octanol–water partition coefficient (Wildman–Crippen LogP) is 0.0578. The van der Waals surface area contributed by atoms with Gasteiger partial charge in [0.1, 0.15) is 6.54 Å². The molecule has 17 heavy (non-hydrogen) atoms. The van der Waals surface area contributed by atoms with Gasteiger partial charge in [0, 0.05) is 18.0 Å². The van der Waals surface area contributed by atoms with Crippen LogP contribution < -0.4 is 11.1 Å². The van der Waals surface area contributed by atoms with Crippen LogP contribution in [-0.4, -0.2) is 34.8 Å². The van der Waals surface area contributed by atoms with E-state index in [0.29, 0.717) is 10.6 Å². The van der Waals surface area contributed by atoms with Gasteiger partial charge in [0.05, 0.1) is 11.2 Å². The lowest BCUT2D eigenvalue weighted by Crippen LogP contribution is -2.35. The molecule has 1 aromatic rings. The van der Waals surface area contributed by atoms with Gasteiger partial charge in [-0.2, -0.15) is 5.10 Å². The van der Waals surface area contributed by atoms with Gasteiger partial charge in [0.15, 0.2) is 0 Å². The molecule has 0 aliphatic rings. The van der Waals surface area contributed by atoms with Gasteiger partial charge in [-0.3, -0.25) is 9.78 Å². The van der Waals surface area contributed by atoms with Crippen LogP contribution >= 0.6 is 11.6 Å². The fourth-order valence-corrected chi connectivity index (χ4v) is 1.01. The second-order valence-electron chi connectivity index (χ2n) is 2.87. The average Bonchev–Trinajstić information content (AvgIpc) is 2.29. The highest BCUT2D eigenvalue weighted by Crippen LogP contribution is 2.10. The molecule has 0 saturated heterocycles. The van der Waals surface area contributed by atoms with Gasteiger partial charge in [0.25, 0.3) is 0 Å². The van der Waals surface area contributed by atoms with Gasteiger partial charge in [-0.1, -0.05) is 11.6 Å².